The Bertz CT molecular complexity index is 613. The van der Waals surface area contributed by atoms with Crippen LogP contribution in [0.4, 0.5) is 5.69 Å². The van der Waals surface area contributed by atoms with Crippen molar-refractivity contribution in [3.63, 3.8) is 0 Å². The molecule has 2 aromatic rings. The third-order valence-electron chi connectivity index (χ3n) is 3.41. The van der Waals surface area contributed by atoms with Gasteiger partial charge in [-0.05, 0) is 37.6 Å². The first kappa shape index (κ1) is 16.4. The summed E-state index contributed by atoms with van der Waals surface area (Å²) >= 11 is 5.95. The van der Waals surface area contributed by atoms with Gasteiger partial charge in [-0.3, -0.25) is 4.79 Å². The number of nitrogens with one attached hydrogen (secondary N) is 1. The van der Waals surface area contributed by atoms with Gasteiger partial charge >= 0.3 is 0 Å². The molecule has 0 saturated heterocycles. The average Bonchev–Trinajstić information content (AvgIpc) is 2.51. The topological polar surface area (TPSA) is 32.3 Å². The van der Waals surface area contributed by atoms with Crippen molar-refractivity contribution in [1.29, 1.82) is 0 Å². The third-order valence-corrected chi connectivity index (χ3v) is 3.64. The van der Waals surface area contributed by atoms with Crippen LogP contribution in [0.2, 0.25) is 5.02 Å². The van der Waals surface area contributed by atoms with Crippen LogP contribution in [-0.4, -0.2) is 23.4 Å². The summed E-state index contributed by atoms with van der Waals surface area (Å²) in [5.41, 5.74) is 1.98. The second-order valence-electron chi connectivity index (χ2n) is 5.46. The number of nitrogens with zero attached hydrogens (tertiary/aromatic N) is 1. The first-order valence-corrected chi connectivity index (χ1v) is 7.77. The molecule has 0 aromatic heterocycles. The number of amides is 1. The largest absolute Gasteiger partial charge is 0.376 e. The minimum absolute atomic E-state index is 0.0684. The lowest BCUT2D eigenvalue weighted by molar-refractivity contribution is -0.131. The maximum Gasteiger partial charge on any atom is 0.242 e. The van der Waals surface area contributed by atoms with Crippen molar-refractivity contribution in [1.82, 2.24) is 4.90 Å². The molecule has 0 aliphatic carbocycles. The van der Waals surface area contributed by atoms with Crippen molar-refractivity contribution < 1.29 is 4.79 Å². The van der Waals surface area contributed by atoms with E-state index in [4.69, 9.17) is 11.6 Å². The molecule has 1 amide bonds. The van der Waals surface area contributed by atoms with Gasteiger partial charge in [-0.1, -0.05) is 48.0 Å². The quantitative estimate of drug-likeness (QED) is 0.866. The number of carbonyl (C=O) groups is 1. The molecule has 4 heteroatoms. The summed E-state index contributed by atoms with van der Waals surface area (Å²) in [4.78, 5) is 14.3. The van der Waals surface area contributed by atoms with Gasteiger partial charge in [0.1, 0.15) is 0 Å². The van der Waals surface area contributed by atoms with E-state index >= 15 is 0 Å². The number of hydrogen-bond donors (Lipinski definition) is 1. The molecule has 22 heavy (non-hydrogen) atoms. The van der Waals surface area contributed by atoms with Gasteiger partial charge in [0.15, 0.2) is 0 Å². The van der Waals surface area contributed by atoms with E-state index in [9.17, 15) is 4.79 Å². The standard InChI is InChI=1S/C18H21ClN2O/c1-14(2)21(13-15-7-4-3-5-8-15)18(22)12-20-17-10-6-9-16(19)11-17/h3-11,14,20H,12-13H2,1-2H3. The molecule has 0 atom stereocenters. The Balaban J connectivity index is 1.98. The Morgan fingerprint density at radius 1 is 1.14 bits per heavy atom. The van der Waals surface area contributed by atoms with Crippen LogP contribution >= 0.6 is 11.6 Å². The van der Waals surface area contributed by atoms with Crippen LogP contribution in [0.1, 0.15) is 19.4 Å². The second kappa shape index (κ2) is 7.85. The zero-order valence-corrected chi connectivity index (χ0v) is 13.7. The SMILES string of the molecule is CC(C)N(Cc1ccccc1)C(=O)CNc1cccc(Cl)c1. The fourth-order valence-corrected chi connectivity index (χ4v) is 2.41. The zero-order valence-electron chi connectivity index (χ0n) is 12.9. The molecule has 1 N–H and O–H groups in total. The maximum absolute atomic E-state index is 12.5. The van der Waals surface area contributed by atoms with Crippen LogP contribution in [0, 0.1) is 0 Å². The van der Waals surface area contributed by atoms with Gasteiger partial charge in [-0.2, -0.15) is 0 Å². The van der Waals surface area contributed by atoms with E-state index in [0.29, 0.717) is 11.6 Å². The summed E-state index contributed by atoms with van der Waals surface area (Å²) in [5.74, 6) is 0.0684. The molecule has 0 heterocycles. The van der Waals surface area contributed by atoms with Crippen molar-refractivity contribution in [3.05, 3.63) is 65.2 Å². The minimum Gasteiger partial charge on any atom is -0.376 e. The van der Waals surface area contributed by atoms with E-state index in [-0.39, 0.29) is 18.5 Å². The summed E-state index contributed by atoms with van der Waals surface area (Å²) in [6, 6.07) is 17.6. The first-order chi connectivity index (χ1) is 10.6. The van der Waals surface area contributed by atoms with E-state index in [1.165, 1.54) is 0 Å². The Morgan fingerprint density at radius 3 is 2.50 bits per heavy atom. The first-order valence-electron chi connectivity index (χ1n) is 7.39. The third kappa shape index (κ3) is 4.78. The van der Waals surface area contributed by atoms with E-state index in [1.54, 1.807) is 0 Å². The lowest BCUT2D eigenvalue weighted by atomic mass is 10.2. The Kier molecular flexibility index (Phi) is 5.84. The van der Waals surface area contributed by atoms with Gasteiger partial charge in [0.05, 0.1) is 6.54 Å². The van der Waals surface area contributed by atoms with E-state index in [1.807, 2.05) is 73.3 Å². The summed E-state index contributed by atoms with van der Waals surface area (Å²) in [5, 5.41) is 3.79. The predicted molar refractivity (Wildman–Crippen MR) is 92.1 cm³/mol. The van der Waals surface area contributed by atoms with E-state index in [2.05, 4.69) is 5.32 Å². The lowest BCUT2D eigenvalue weighted by Gasteiger charge is -2.27. The molecule has 0 aliphatic rings. The fourth-order valence-electron chi connectivity index (χ4n) is 2.22. The Labute approximate surface area is 136 Å². The summed E-state index contributed by atoms with van der Waals surface area (Å²) in [7, 11) is 0. The molecule has 3 nitrogen and oxygen atoms in total. The van der Waals surface area contributed by atoms with Crippen molar-refractivity contribution >= 4 is 23.2 Å². The minimum atomic E-state index is 0.0684. The normalized spacial score (nSPS) is 10.5. The predicted octanol–water partition coefficient (Wildman–Crippen LogP) is 4.19. The van der Waals surface area contributed by atoms with E-state index < -0.39 is 0 Å². The monoisotopic (exact) mass is 316 g/mol. The Hall–Kier alpha value is -2.00. The van der Waals surface area contributed by atoms with Gasteiger partial charge < -0.3 is 10.2 Å². The highest BCUT2D eigenvalue weighted by atomic mass is 35.5. The van der Waals surface area contributed by atoms with Gasteiger partial charge in [0.2, 0.25) is 5.91 Å². The highest BCUT2D eigenvalue weighted by molar-refractivity contribution is 6.30. The van der Waals surface area contributed by atoms with Crippen LogP contribution in [0.25, 0.3) is 0 Å². The highest BCUT2D eigenvalue weighted by Gasteiger charge is 2.16. The number of rotatable bonds is 6. The van der Waals surface area contributed by atoms with Crippen LogP contribution < -0.4 is 5.32 Å². The number of hydrogen-bond acceptors (Lipinski definition) is 2. The van der Waals surface area contributed by atoms with E-state index in [0.717, 1.165) is 11.3 Å². The van der Waals surface area contributed by atoms with Crippen molar-refractivity contribution in [2.45, 2.75) is 26.4 Å². The van der Waals surface area contributed by atoms with Crippen LogP contribution in [0.5, 0.6) is 0 Å². The smallest absolute Gasteiger partial charge is 0.242 e. The molecular formula is C18H21ClN2O. The molecule has 0 spiro atoms. The molecule has 0 unspecified atom stereocenters. The molecule has 2 rings (SSSR count). The van der Waals surface area contributed by atoms with Crippen molar-refractivity contribution in [2.75, 3.05) is 11.9 Å². The van der Waals surface area contributed by atoms with Crippen LogP contribution in [0.15, 0.2) is 54.6 Å². The molecule has 0 radical (unpaired) electrons. The molecule has 0 fully saturated rings. The summed E-state index contributed by atoms with van der Waals surface area (Å²) < 4.78 is 0. The van der Waals surface area contributed by atoms with Gasteiger partial charge in [0, 0.05) is 23.3 Å². The Morgan fingerprint density at radius 2 is 1.86 bits per heavy atom. The molecule has 0 saturated carbocycles. The highest BCUT2D eigenvalue weighted by Crippen LogP contribution is 2.15. The number of carbonyl (C=O) groups excluding carboxylic acids is 1. The number of anilines is 1. The van der Waals surface area contributed by atoms with Crippen molar-refractivity contribution in [3.8, 4) is 0 Å². The van der Waals surface area contributed by atoms with Crippen LogP contribution in [0.3, 0.4) is 0 Å². The zero-order chi connectivity index (χ0) is 15.9. The summed E-state index contributed by atoms with van der Waals surface area (Å²) in [6.07, 6.45) is 0. The summed E-state index contributed by atoms with van der Waals surface area (Å²) in [6.45, 7) is 4.93. The average molecular weight is 317 g/mol. The second-order valence-corrected chi connectivity index (χ2v) is 5.90. The molecule has 0 aliphatic heterocycles. The van der Waals surface area contributed by atoms with Crippen LogP contribution in [-0.2, 0) is 11.3 Å². The van der Waals surface area contributed by atoms with Gasteiger partial charge in [0.25, 0.3) is 0 Å². The fraction of sp³-hybridized carbons (Fsp3) is 0.278. The molecule has 116 valence electrons. The lowest BCUT2D eigenvalue weighted by Crippen LogP contribution is -2.39. The van der Waals surface area contributed by atoms with Crippen molar-refractivity contribution in [2.24, 2.45) is 0 Å². The van der Waals surface area contributed by atoms with Gasteiger partial charge in [-0.15, -0.1) is 0 Å². The maximum atomic E-state index is 12.5. The molecular weight excluding hydrogens is 296 g/mol. The molecule has 0 bridgehead atoms. The molecule has 2 aromatic carbocycles. The number of benzene rings is 2. The number of halogens is 1. The van der Waals surface area contributed by atoms with Gasteiger partial charge in [-0.25, -0.2) is 0 Å².